The lowest BCUT2D eigenvalue weighted by atomic mass is 9.91. The van der Waals surface area contributed by atoms with Crippen LogP contribution in [-0.4, -0.2) is 58.2 Å². The maximum absolute atomic E-state index is 12.8. The SMILES string of the molecule is COC(=O)C(Cc1ccccc1)NC(=O)NCc1cccc(-c2ccc(C3OC(CSc4ncccc4C(=O)O)C(C)C(c4ccc(CO)cc4)O3)cc2)c1. The van der Waals surface area contributed by atoms with Crippen molar-refractivity contribution in [3.8, 4) is 11.1 Å². The zero-order chi connectivity index (χ0) is 38.7. The van der Waals surface area contributed by atoms with Gasteiger partial charge in [0.05, 0.1) is 31.5 Å². The van der Waals surface area contributed by atoms with Crippen LogP contribution < -0.4 is 10.6 Å². The molecule has 0 bridgehead atoms. The average Bonchev–Trinajstić information content (AvgIpc) is 3.22. The van der Waals surface area contributed by atoms with Gasteiger partial charge in [-0.05, 0) is 51.6 Å². The molecule has 5 atom stereocenters. The van der Waals surface area contributed by atoms with E-state index in [0.29, 0.717) is 17.2 Å². The number of aliphatic hydroxyl groups is 1. The van der Waals surface area contributed by atoms with Crippen molar-refractivity contribution in [2.45, 2.75) is 56.1 Å². The number of amides is 2. The van der Waals surface area contributed by atoms with Gasteiger partial charge in [0, 0.05) is 36.4 Å². The standard InChI is InChI=1S/C43H43N3O8S/c1-27-37(26-55-39-35(40(48)49)12-7-21-44-39)53-42(54-38(27)32-15-13-29(25-47)14-16-32)33-19-17-31(18-20-33)34-11-6-10-30(22-34)24-45-43(51)46-36(41(50)52-2)23-28-8-4-3-5-9-28/h3-22,27,36-38,42,47H,23-26H2,1-2H3,(H,48,49)(H2,45,46,51). The Morgan fingerprint density at radius 2 is 1.56 bits per heavy atom. The molecule has 2 amide bonds. The third kappa shape index (κ3) is 10.2. The van der Waals surface area contributed by atoms with E-state index in [0.717, 1.165) is 38.9 Å². The van der Waals surface area contributed by atoms with Gasteiger partial charge in [0.2, 0.25) is 0 Å². The number of urea groups is 1. The molecule has 1 fully saturated rings. The number of benzene rings is 4. The number of hydrogen-bond donors (Lipinski definition) is 4. The monoisotopic (exact) mass is 761 g/mol. The van der Waals surface area contributed by atoms with Crippen molar-refractivity contribution in [3.63, 3.8) is 0 Å². The van der Waals surface area contributed by atoms with Gasteiger partial charge in [-0.2, -0.15) is 0 Å². The molecule has 284 valence electrons. The van der Waals surface area contributed by atoms with Crippen LogP contribution in [0, 0.1) is 5.92 Å². The normalized spacial score (nSPS) is 18.5. The van der Waals surface area contributed by atoms with Gasteiger partial charge in [-0.3, -0.25) is 0 Å². The fraction of sp³-hybridized carbons (Fsp3) is 0.256. The molecule has 4 N–H and O–H groups in total. The van der Waals surface area contributed by atoms with Crippen LogP contribution in [0.25, 0.3) is 11.1 Å². The first-order chi connectivity index (χ1) is 26.7. The molecule has 12 heteroatoms. The Morgan fingerprint density at radius 1 is 0.836 bits per heavy atom. The van der Waals surface area contributed by atoms with Crippen molar-refractivity contribution in [2.75, 3.05) is 12.9 Å². The van der Waals surface area contributed by atoms with Crippen LogP contribution >= 0.6 is 11.8 Å². The third-order valence-corrected chi connectivity index (χ3v) is 10.6. The summed E-state index contributed by atoms with van der Waals surface area (Å²) in [6.45, 7) is 2.24. The van der Waals surface area contributed by atoms with Gasteiger partial charge >= 0.3 is 18.0 Å². The second kappa shape index (κ2) is 18.7. The van der Waals surface area contributed by atoms with Crippen molar-refractivity contribution in [1.82, 2.24) is 15.6 Å². The molecular formula is C43H43N3O8S. The summed E-state index contributed by atoms with van der Waals surface area (Å²) < 4.78 is 18.1. The third-order valence-electron chi connectivity index (χ3n) is 9.48. The minimum atomic E-state index is -1.04. The highest BCUT2D eigenvalue weighted by Gasteiger charge is 2.38. The number of carboxylic acids is 1. The Morgan fingerprint density at radius 3 is 2.27 bits per heavy atom. The molecule has 2 heterocycles. The Balaban J connectivity index is 1.14. The summed E-state index contributed by atoms with van der Waals surface area (Å²) in [4.78, 5) is 41.4. The molecule has 5 unspecified atom stereocenters. The maximum atomic E-state index is 12.8. The molecule has 6 rings (SSSR count). The number of rotatable bonds is 14. The van der Waals surface area contributed by atoms with Gasteiger partial charge in [-0.15, -0.1) is 11.8 Å². The van der Waals surface area contributed by atoms with Crippen molar-refractivity contribution < 1.29 is 38.8 Å². The van der Waals surface area contributed by atoms with Crippen LogP contribution in [0.15, 0.2) is 126 Å². The Bertz CT molecular complexity index is 2060. The van der Waals surface area contributed by atoms with Crippen LogP contribution in [0.3, 0.4) is 0 Å². The summed E-state index contributed by atoms with van der Waals surface area (Å²) in [7, 11) is 1.30. The number of ether oxygens (including phenoxy) is 3. The first kappa shape index (κ1) is 39.2. The number of aromatic nitrogens is 1. The molecule has 0 aliphatic carbocycles. The van der Waals surface area contributed by atoms with Crippen molar-refractivity contribution >= 4 is 29.7 Å². The van der Waals surface area contributed by atoms with Crippen LogP contribution in [-0.2, 0) is 38.6 Å². The van der Waals surface area contributed by atoms with E-state index in [2.05, 4.69) is 22.5 Å². The van der Waals surface area contributed by atoms with Gasteiger partial charge in [0.1, 0.15) is 11.1 Å². The molecule has 1 aromatic heterocycles. The molecular weight excluding hydrogens is 719 g/mol. The minimum Gasteiger partial charge on any atom is -0.478 e. The maximum Gasteiger partial charge on any atom is 0.338 e. The van der Waals surface area contributed by atoms with Gasteiger partial charge in [0.15, 0.2) is 6.29 Å². The number of aromatic carboxylic acids is 1. The Hall–Kier alpha value is -5.53. The quantitative estimate of drug-likeness (QED) is 0.0680. The van der Waals surface area contributed by atoms with E-state index in [9.17, 15) is 24.6 Å². The van der Waals surface area contributed by atoms with Gasteiger partial charge in [-0.25, -0.2) is 19.4 Å². The number of carbonyl (C=O) groups is 3. The highest BCUT2D eigenvalue weighted by molar-refractivity contribution is 7.99. The number of nitrogens with one attached hydrogen (secondary N) is 2. The Kier molecular flexibility index (Phi) is 13.3. The summed E-state index contributed by atoms with van der Waals surface area (Å²) >= 11 is 1.34. The van der Waals surface area contributed by atoms with E-state index < -0.39 is 30.3 Å². The molecule has 0 saturated carbocycles. The summed E-state index contributed by atoms with van der Waals surface area (Å²) in [5, 5.41) is 25.3. The van der Waals surface area contributed by atoms with Gasteiger partial charge in [-0.1, -0.05) is 104 Å². The number of pyridine rings is 1. The molecule has 1 aliphatic heterocycles. The second-order valence-electron chi connectivity index (χ2n) is 13.2. The van der Waals surface area contributed by atoms with E-state index in [1.807, 2.05) is 103 Å². The Labute approximate surface area is 324 Å². The number of esters is 1. The second-order valence-corrected chi connectivity index (χ2v) is 14.2. The number of carbonyl (C=O) groups excluding carboxylic acids is 2. The zero-order valence-corrected chi connectivity index (χ0v) is 31.3. The van der Waals surface area contributed by atoms with Gasteiger partial charge < -0.3 is 35.1 Å². The molecule has 11 nitrogen and oxygen atoms in total. The summed E-state index contributed by atoms with van der Waals surface area (Å²) in [5.74, 6) is -1.19. The van der Waals surface area contributed by atoms with E-state index in [1.54, 1.807) is 18.3 Å². The van der Waals surface area contributed by atoms with Crippen LogP contribution in [0.2, 0.25) is 0 Å². The van der Waals surface area contributed by atoms with Gasteiger partial charge in [0.25, 0.3) is 0 Å². The van der Waals surface area contributed by atoms with Crippen molar-refractivity contribution in [3.05, 3.63) is 155 Å². The lowest BCUT2D eigenvalue weighted by Gasteiger charge is -2.41. The zero-order valence-electron chi connectivity index (χ0n) is 30.5. The van der Waals surface area contributed by atoms with Crippen molar-refractivity contribution in [1.29, 1.82) is 0 Å². The first-order valence-electron chi connectivity index (χ1n) is 17.9. The predicted octanol–water partition coefficient (Wildman–Crippen LogP) is 7.11. The van der Waals surface area contributed by atoms with Crippen molar-refractivity contribution in [2.24, 2.45) is 5.92 Å². The van der Waals surface area contributed by atoms with E-state index in [1.165, 1.54) is 18.9 Å². The van der Waals surface area contributed by atoms with Crippen LogP contribution in [0.4, 0.5) is 4.79 Å². The van der Waals surface area contributed by atoms with E-state index in [4.69, 9.17) is 14.2 Å². The molecule has 0 radical (unpaired) electrons. The molecule has 1 aliphatic rings. The predicted molar refractivity (Wildman–Crippen MR) is 208 cm³/mol. The highest BCUT2D eigenvalue weighted by atomic mass is 32.2. The number of aliphatic hydroxyl groups excluding tert-OH is 1. The molecule has 0 spiro atoms. The lowest BCUT2D eigenvalue weighted by Crippen LogP contribution is -2.47. The smallest absolute Gasteiger partial charge is 0.338 e. The molecule has 55 heavy (non-hydrogen) atoms. The highest BCUT2D eigenvalue weighted by Crippen LogP contribution is 2.43. The lowest BCUT2D eigenvalue weighted by molar-refractivity contribution is -0.268. The summed E-state index contributed by atoms with van der Waals surface area (Å²) in [6, 6.07) is 34.7. The van der Waals surface area contributed by atoms with E-state index >= 15 is 0 Å². The molecule has 4 aromatic carbocycles. The topological polar surface area (TPSA) is 156 Å². The molecule has 1 saturated heterocycles. The first-order valence-corrected chi connectivity index (χ1v) is 18.9. The fourth-order valence-corrected chi connectivity index (χ4v) is 7.56. The molecule has 5 aromatic rings. The minimum absolute atomic E-state index is 0.0594. The number of nitrogens with zero attached hydrogens (tertiary/aromatic N) is 1. The fourth-order valence-electron chi connectivity index (χ4n) is 6.41. The number of thioether (sulfide) groups is 1. The van der Waals surface area contributed by atoms with E-state index in [-0.39, 0.29) is 36.8 Å². The largest absolute Gasteiger partial charge is 0.478 e. The average molecular weight is 762 g/mol. The summed E-state index contributed by atoms with van der Waals surface area (Å²) in [6.07, 6.45) is 0.543. The number of methoxy groups -OCH3 is 1. The number of hydrogen-bond acceptors (Lipinski definition) is 9. The summed E-state index contributed by atoms with van der Waals surface area (Å²) in [5.41, 5.74) is 6.38. The van der Waals surface area contributed by atoms with Crippen LogP contribution in [0.1, 0.15) is 57.5 Å². The van der Waals surface area contributed by atoms with Crippen LogP contribution in [0.5, 0.6) is 0 Å². The number of carboxylic acid groups (broad SMARTS) is 1.